The van der Waals surface area contributed by atoms with E-state index in [0.29, 0.717) is 29.2 Å². The van der Waals surface area contributed by atoms with Gasteiger partial charge in [-0.3, -0.25) is 9.79 Å². The highest BCUT2D eigenvalue weighted by molar-refractivity contribution is 6.30. The van der Waals surface area contributed by atoms with Gasteiger partial charge in [-0.2, -0.15) is 4.98 Å². The summed E-state index contributed by atoms with van der Waals surface area (Å²) in [5.74, 6) is 1.78. The molecule has 27 heavy (non-hydrogen) atoms. The largest absolute Gasteiger partial charge is 0.354 e. The number of carbonyl (C=O) groups excluding carboxylic acids is 1. The Morgan fingerprint density at radius 2 is 2.04 bits per heavy atom. The normalized spacial score (nSPS) is 15.7. The fourth-order valence-corrected chi connectivity index (χ4v) is 3.05. The number of piperidine rings is 1. The van der Waals surface area contributed by atoms with Crippen molar-refractivity contribution in [2.24, 2.45) is 4.99 Å². The average Bonchev–Trinajstić information content (AvgIpc) is 3.15. The molecule has 1 aliphatic heterocycles. The molecule has 0 unspecified atom stereocenters. The second kappa shape index (κ2) is 8.85. The average molecular weight is 391 g/mol. The lowest BCUT2D eigenvalue weighted by molar-refractivity contribution is -0.129. The van der Waals surface area contributed by atoms with Crippen LogP contribution in [0.4, 0.5) is 0 Å². The first-order chi connectivity index (χ1) is 13.0. The van der Waals surface area contributed by atoms with Crippen LogP contribution >= 0.6 is 11.6 Å². The number of hydrogen-bond donors (Lipinski definition) is 2. The van der Waals surface area contributed by atoms with Crippen LogP contribution < -0.4 is 10.6 Å². The molecular formula is C18H23ClN6O2. The quantitative estimate of drug-likeness (QED) is 0.613. The van der Waals surface area contributed by atoms with Crippen molar-refractivity contribution in [3.05, 3.63) is 35.2 Å². The fourth-order valence-electron chi connectivity index (χ4n) is 2.93. The van der Waals surface area contributed by atoms with Gasteiger partial charge in [0.25, 0.3) is 0 Å². The molecule has 2 aromatic rings. The van der Waals surface area contributed by atoms with Crippen LogP contribution in [0.1, 0.15) is 25.7 Å². The molecule has 8 nitrogen and oxygen atoms in total. The van der Waals surface area contributed by atoms with E-state index in [1.54, 1.807) is 26.1 Å². The Hall–Kier alpha value is -2.61. The van der Waals surface area contributed by atoms with E-state index in [1.807, 2.05) is 17.0 Å². The smallest absolute Gasteiger partial charge is 0.246 e. The minimum absolute atomic E-state index is 0.129. The van der Waals surface area contributed by atoms with Crippen LogP contribution in [0.3, 0.4) is 0 Å². The van der Waals surface area contributed by atoms with Crippen molar-refractivity contribution in [2.45, 2.75) is 32.4 Å². The van der Waals surface area contributed by atoms with E-state index in [9.17, 15) is 4.79 Å². The maximum Gasteiger partial charge on any atom is 0.246 e. The van der Waals surface area contributed by atoms with E-state index < -0.39 is 0 Å². The molecule has 1 aliphatic rings. The van der Waals surface area contributed by atoms with Crippen molar-refractivity contribution in [1.29, 1.82) is 0 Å². The highest BCUT2D eigenvalue weighted by atomic mass is 35.5. The van der Waals surface area contributed by atoms with Crippen LogP contribution in [-0.2, 0) is 11.3 Å². The third-order valence-electron chi connectivity index (χ3n) is 4.48. The van der Waals surface area contributed by atoms with Crippen molar-refractivity contribution in [3.63, 3.8) is 0 Å². The Morgan fingerprint density at radius 3 is 2.67 bits per heavy atom. The first-order valence-electron chi connectivity index (χ1n) is 8.86. The van der Waals surface area contributed by atoms with Crippen molar-refractivity contribution in [1.82, 2.24) is 25.7 Å². The molecule has 9 heteroatoms. The number of likely N-dealkylation sites (tertiary alicyclic amines) is 1. The first kappa shape index (κ1) is 19.2. The standard InChI is InChI=1S/C18H23ClN6O2/c1-12(26)25-9-7-15(8-10-25)22-18(20-2)21-11-16-23-17(24-27-16)13-3-5-14(19)6-4-13/h3-6,15H,7-11H2,1-2H3,(H2,20,21,22). The zero-order valence-electron chi connectivity index (χ0n) is 15.4. The van der Waals surface area contributed by atoms with Gasteiger partial charge in [-0.25, -0.2) is 0 Å². The van der Waals surface area contributed by atoms with E-state index >= 15 is 0 Å². The van der Waals surface area contributed by atoms with Crippen LogP contribution in [0.5, 0.6) is 0 Å². The maximum absolute atomic E-state index is 11.4. The molecule has 1 saturated heterocycles. The van der Waals surface area contributed by atoms with Gasteiger partial charge in [0.15, 0.2) is 5.96 Å². The highest BCUT2D eigenvalue weighted by Crippen LogP contribution is 2.18. The van der Waals surface area contributed by atoms with Crippen molar-refractivity contribution in [3.8, 4) is 11.4 Å². The maximum atomic E-state index is 11.4. The predicted molar refractivity (Wildman–Crippen MR) is 103 cm³/mol. The number of aliphatic imine (C=N–C) groups is 1. The fraction of sp³-hybridized carbons (Fsp3) is 0.444. The molecule has 1 aromatic heterocycles. The number of hydrogen-bond acceptors (Lipinski definition) is 5. The summed E-state index contributed by atoms with van der Waals surface area (Å²) in [6.45, 7) is 3.50. The predicted octanol–water partition coefficient (Wildman–Crippen LogP) is 2.07. The number of halogens is 1. The van der Waals surface area contributed by atoms with Gasteiger partial charge in [-0.1, -0.05) is 16.8 Å². The summed E-state index contributed by atoms with van der Waals surface area (Å²) in [5.41, 5.74) is 0.842. The highest BCUT2D eigenvalue weighted by Gasteiger charge is 2.21. The molecule has 2 heterocycles. The summed E-state index contributed by atoms with van der Waals surface area (Å²) < 4.78 is 5.29. The van der Waals surface area contributed by atoms with E-state index in [-0.39, 0.29) is 11.9 Å². The summed E-state index contributed by atoms with van der Waals surface area (Å²) in [5, 5.41) is 11.2. The SMILES string of the molecule is CN=C(NCc1nc(-c2ccc(Cl)cc2)no1)NC1CCN(C(C)=O)CC1. The molecule has 2 N–H and O–H groups in total. The monoisotopic (exact) mass is 390 g/mol. The molecule has 0 atom stereocenters. The molecule has 1 amide bonds. The Bertz CT molecular complexity index is 796. The number of rotatable bonds is 4. The third kappa shape index (κ3) is 5.19. The Balaban J connectivity index is 1.50. The molecule has 0 aliphatic carbocycles. The van der Waals surface area contributed by atoms with Gasteiger partial charge in [0, 0.05) is 43.7 Å². The van der Waals surface area contributed by atoms with Crippen molar-refractivity contribution in [2.75, 3.05) is 20.1 Å². The lowest BCUT2D eigenvalue weighted by Crippen LogP contribution is -2.49. The number of nitrogens with one attached hydrogen (secondary N) is 2. The molecule has 1 fully saturated rings. The van der Waals surface area contributed by atoms with Crippen molar-refractivity contribution >= 4 is 23.5 Å². The van der Waals surface area contributed by atoms with E-state index in [4.69, 9.17) is 16.1 Å². The number of amides is 1. The Labute approximate surface area is 163 Å². The second-order valence-electron chi connectivity index (χ2n) is 6.37. The van der Waals surface area contributed by atoms with Gasteiger partial charge in [0.05, 0.1) is 6.54 Å². The topological polar surface area (TPSA) is 95.7 Å². The Kier molecular flexibility index (Phi) is 6.28. The third-order valence-corrected chi connectivity index (χ3v) is 4.73. The lowest BCUT2D eigenvalue weighted by Gasteiger charge is -2.32. The van der Waals surface area contributed by atoms with Gasteiger partial charge in [0.1, 0.15) is 0 Å². The molecule has 0 saturated carbocycles. The first-order valence-corrected chi connectivity index (χ1v) is 9.24. The molecular weight excluding hydrogens is 368 g/mol. The van der Waals surface area contributed by atoms with E-state index in [1.165, 1.54) is 0 Å². The van der Waals surface area contributed by atoms with Crippen molar-refractivity contribution < 1.29 is 9.32 Å². The van der Waals surface area contributed by atoms with Gasteiger partial charge in [-0.05, 0) is 37.1 Å². The zero-order chi connectivity index (χ0) is 19.2. The van der Waals surface area contributed by atoms with Gasteiger partial charge in [-0.15, -0.1) is 0 Å². The molecule has 0 spiro atoms. The van der Waals surface area contributed by atoms with Crippen LogP contribution in [0.15, 0.2) is 33.8 Å². The number of aromatic nitrogens is 2. The van der Waals surface area contributed by atoms with Crippen LogP contribution in [0.25, 0.3) is 11.4 Å². The number of carbonyl (C=O) groups is 1. The second-order valence-corrected chi connectivity index (χ2v) is 6.81. The number of benzene rings is 1. The number of guanidine groups is 1. The molecule has 144 valence electrons. The lowest BCUT2D eigenvalue weighted by atomic mass is 10.1. The molecule has 1 aromatic carbocycles. The van der Waals surface area contributed by atoms with Crippen LogP contribution in [-0.4, -0.2) is 53.1 Å². The summed E-state index contributed by atoms with van der Waals surface area (Å²) in [6, 6.07) is 7.54. The summed E-state index contributed by atoms with van der Waals surface area (Å²) in [4.78, 5) is 21.9. The minimum Gasteiger partial charge on any atom is -0.354 e. The van der Waals surface area contributed by atoms with E-state index in [2.05, 4.69) is 25.8 Å². The molecule has 0 radical (unpaired) electrons. The van der Waals surface area contributed by atoms with Gasteiger partial charge in [0.2, 0.25) is 17.6 Å². The molecule has 3 rings (SSSR count). The zero-order valence-corrected chi connectivity index (χ0v) is 16.2. The Morgan fingerprint density at radius 1 is 1.33 bits per heavy atom. The summed E-state index contributed by atoms with van der Waals surface area (Å²) in [7, 11) is 1.72. The van der Waals surface area contributed by atoms with Crippen LogP contribution in [0, 0.1) is 0 Å². The van der Waals surface area contributed by atoms with E-state index in [0.717, 1.165) is 31.5 Å². The molecule has 0 bridgehead atoms. The minimum atomic E-state index is 0.129. The van der Waals surface area contributed by atoms with Crippen LogP contribution in [0.2, 0.25) is 5.02 Å². The summed E-state index contributed by atoms with van der Waals surface area (Å²) in [6.07, 6.45) is 1.78. The number of nitrogens with zero attached hydrogens (tertiary/aromatic N) is 4. The summed E-state index contributed by atoms with van der Waals surface area (Å²) >= 11 is 5.89. The van der Waals surface area contributed by atoms with Gasteiger partial charge >= 0.3 is 0 Å². The van der Waals surface area contributed by atoms with Gasteiger partial charge < -0.3 is 20.1 Å².